The van der Waals surface area contributed by atoms with E-state index in [1.807, 2.05) is 42.5 Å². The lowest BCUT2D eigenvalue weighted by Gasteiger charge is -2.09. The van der Waals surface area contributed by atoms with E-state index in [-0.39, 0.29) is 5.91 Å². The summed E-state index contributed by atoms with van der Waals surface area (Å²) in [5.74, 6) is 1.47. The molecule has 24 heavy (non-hydrogen) atoms. The normalized spacial score (nSPS) is 10.6. The molecule has 1 amide bonds. The first kappa shape index (κ1) is 15.9. The van der Waals surface area contributed by atoms with E-state index >= 15 is 0 Å². The number of rotatable bonds is 6. The molecule has 0 fully saturated rings. The highest BCUT2D eigenvalue weighted by molar-refractivity contribution is 5.94. The summed E-state index contributed by atoms with van der Waals surface area (Å²) >= 11 is 0. The fraction of sp³-hybridized carbons (Fsp3) is 0.222. The summed E-state index contributed by atoms with van der Waals surface area (Å²) in [5, 5.41) is 2.87. The number of imidazole rings is 1. The van der Waals surface area contributed by atoms with Gasteiger partial charge in [-0.15, -0.1) is 0 Å². The lowest BCUT2D eigenvalue weighted by atomic mass is 10.1. The molecule has 3 rings (SSSR count). The number of H-pyrrole nitrogens is 1. The SMILES string of the molecule is COc1ccc(CCNC(=O)c2nc3ccccc3[nH]2)cc1OC. The fourth-order valence-electron chi connectivity index (χ4n) is 2.50. The molecule has 124 valence electrons. The number of carbonyl (C=O) groups excluding carboxylic acids is 1. The third-order valence-electron chi connectivity index (χ3n) is 3.75. The van der Waals surface area contributed by atoms with Crippen LogP contribution >= 0.6 is 0 Å². The van der Waals surface area contributed by atoms with Crippen molar-refractivity contribution < 1.29 is 14.3 Å². The molecule has 0 spiro atoms. The maximum atomic E-state index is 12.2. The van der Waals surface area contributed by atoms with E-state index in [0.717, 1.165) is 16.6 Å². The molecule has 0 unspecified atom stereocenters. The molecule has 6 heteroatoms. The zero-order chi connectivity index (χ0) is 16.9. The van der Waals surface area contributed by atoms with Crippen molar-refractivity contribution in [1.82, 2.24) is 15.3 Å². The summed E-state index contributed by atoms with van der Waals surface area (Å²) in [5.41, 5.74) is 2.68. The summed E-state index contributed by atoms with van der Waals surface area (Å²) in [4.78, 5) is 19.5. The number of nitrogens with one attached hydrogen (secondary N) is 2. The number of benzene rings is 2. The van der Waals surface area contributed by atoms with E-state index in [1.165, 1.54) is 0 Å². The van der Waals surface area contributed by atoms with E-state index < -0.39 is 0 Å². The van der Waals surface area contributed by atoms with Crippen LogP contribution in [0.5, 0.6) is 11.5 Å². The molecule has 0 aliphatic carbocycles. The summed E-state index contributed by atoms with van der Waals surface area (Å²) in [6.45, 7) is 0.505. The van der Waals surface area contributed by atoms with Crippen LogP contribution in [0.25, 0.3) is 11.0 Å². The van der Waals surface area contributed by atoms with Gasteiger partial charge < -0.3 is 19.8 Å². The molecule has 0 atom stereocenters. The first-order chi connectivity index (χ1) is 11.7. The highest BCUT2D eigenvalue weighted by Crippen LogP contribution is 2.27. The second-order valence-electron chi connectivity index (χ2n) is 5.30. The monoisotopic (exact) mass is 325 g/mol. The Bertz CT molecular complexity index is 825. The van der Waals surface area contributed by atoms with Gasteiger partial charge in [-0.25, -0.2) is 4.98 Å². The number of para-hydroxylation sites is 2. The van der Waals surface area contributed by atoms with E-state index in [1.54, 1.807) is 14.2 Å². The molecule has 3 aromatic rings. The summed E-state index contributed by atoms with van der Waals surface area (Å²) in [6, 6.07) is 13.3. The second kappa shape index (κ2) is 7.04. The van der Waals surface area contributed by atoms with Crippen LogP contribution in [0.1, 0.15) is 16.2 Å². The molecule has 6 nitrogen and oxygen atoms in total. The van der Waals surface area contributed by atoms with Crippen LogP contribution in [0, 0.1) is 0 Å². The van der Waals surface area contributed by atoms with Crippen molar-refractivity contribution in [2.24, 2.45) is 0 Å². The molecule has 0 saturated carbocycles. The van der Waals surface area contributed by atoms with Gasteiger partial charge >= 0.3 is 0 Å². The number of nitrogens with zero attached hydrogens (tertiary/aromatic N) is 1. The zero-order valence-corrected chi connectivity index (χ0v) is 13.6. The predicted octanol–water partition coefficient (Wildman–Crippen LogP) is 2.55. The predicted molar refractivity (Wildman–Crippen MR) is 91.7 cm³/mol. The molecule has 0 radical (unpaired) electrons. The molecule has 2 N–H and O–H groups in total. The van der Waals surface area contributed by atoms with Gasteiger partial charge in [-0.3, -0.25) is 4.79 Å². The summed E-state index contributed by atoms with van der Waals surface area (Å²) in [6.07, 6.45) is 0.687. The highest BCUT2D eigenvalue weighted by Gasteiger charge is 2.11. The number of amides is 1. The van der Waals surface area contributed by atoms with E-state index in [2.05, 4.69) is 15.3 Å². The van der Waals surface area contributed by atoms with Crippen molar-refractivity contribution in [2.75, 3.05) is 20.8 Å². The van der Waals surface area contributed by atoms with Crippen LogP contribution in [0.15, 0.2) is 42.5 Å². The van der Waals surface area contributed by atoms with Crippen LogP contribution in [-0.4, -0.2) is 36.6 Å². The van der Waals surface area contributed by atoms with Gasteiger partial charge in [-0.1, -0.05) is 18.2 Å². The smallest absolute Gasteiger partial charge is 0.287 e. The van der Waals surface area contributed by atoms with Gasteiger partial charge in [0.15, 0.2) is 17.3 Å². The minimum Gasteiger partial charge on any atom is -0.493 e. The van der Waals surface area contributed by atoms with Crippen molar-refractivity contribution in [2.45, 2.75) is 6.42 Å². The maximum Gasteiger partial charge on any atom is 0.287 e. The first-order valence-corrected chi connectivity index (χ1v) is 7.65. The molecule has 0 aliphatic heterocycles. The lowest BCUT2D eigenvalue weighted by molar-refractivity contribution is 0.0945. The van der Waals surface area contributed by atoms with Gasteiger partial charge in [0.05, 0.1) is 25.3 Å². The topological polar surface area (TPSA) is 76.2 Å². The van der Waals surface area contributed by atoms with E-state index in [0.29, 0.717) is 30.3 Å². The summed E-state index contributed by atoms with van der Waals surface area (Å²) in [7, 11) is 3.20. The number of fused-ring (bicyclic) bond motifs is 1. The Morgan fingerprint density at radius 2 is 1.92 bits per heavy atom. The van der Waals surface area contributed by atoms with Crippen molar-refractivity contribution >= 4 is 16.9 Å². The Hall–Kier alpha value is -3.02. The van der Waals surface area contributed by atoms with Crippen molar-refractivity contribution in [3.05, 3.63) is 53.9 Å². The number of aromatic nitrogens is 2. The van der Waals surface area contributed by atoms with Gasteiger partial charge in [0.2, 0.25) is 0 Å². The Balaban J connectivity index is 1.60. The second-order valence-corrected chi connectivity index (χ2v) is 5.30. The minimum absolute atomic E-state index is 0.216. The van der Waals surface area contributed by atoms with Crippen LogP contribution in [0.2, 0.25) is 0 Å². The Morgan fingerprint density at radius 1 is 1.12 bits per heavy atom. The lowest BCUT2D eigenvalue weighted by Crippen LogP contribution is -2.26. The average molecular weight is 325 g/mol. The van der Waals surface area contributed by atoms with Crippen LogP contribution in [0.4, 0.5) is 0 Å². The molecular formula is C18H19N3O3. The fourth-order valence-corrected chi connectivity index (χ4v) is 2.50. The Kier molecular flexibility index (Phi) is 4.65. The number of aromatic amines is 1. The molecule has 2 aromatic carbocycles. The third-order valence-corrected chi connectivity index (χ3v) is 3.75. The summed E-state index contributed by atoms with van der Waals surface area (Å²) < 4.78 is 10.5. The maximum absolute atomic E-state index is 12.2. The first-order valence-electron chi connectivity index (χ1n) is 7.65. The number of hydrogen-bond donors (Lipinski definition) is 2. The van der Waals surface area contributed by atoms with Gasteiger partial charge in [-0.2, -0.15) is 0 Å². The number of hydrogen-bond acceptors (Lipinski definition) is 4. The standard InChI is InChI=1S/C18H19N3O3/c1-23-15-8-7-12(11-16(15)24-2)9-10-19-18(22)17-20-13-5-3-4-6-14(13)21-17/h3-8,11H,9-10H2,1-2H3,(H,19,22)(H,20,21). The van der Waals surface area contributed by atoms with Gasteiger partial charge in [0.1, 0.15) is 0 Å². The van der Waals surface area contributed by atoms with Gasteiger partial charge in [0.25, 0.3) is 5.91 Å². The van der Waals surface area contributed by atoms with E-state index in [4.69, 9.17) is 9.47 Å². The minimum atomic E-state index is -0.216. The van der Waals surface area contributed by atoms with Crippen molar-refractivity contribution in [3.8, 4) is 11.5 Å². The van der Waals surface area contributed by atoms with Gasteiger partial charge in [0, 0.05) is 6.54 Å². The zero-order valence-electron chi connectivity index (χ0n) is 13.6. The average Bonchev–Trinajstić information content (AvgIpc) is 3.05. The van der Waals surface area contributed by atoms with Crippen LogP contribution in [0.3, 0.4) is 0 Å². The van der Waals surface area contributed by atoms with Crippen molar-refractivity contribution in [3.63, 3.8) is 0 Å². The van der Waals surface area contributed by atoms with E-state index in [9.17, 15) is 4.79 Å². The Labute approximate surface area is 139 Å². The molecule has 0 bridgehead atoms. The number of methoxy groups -OCH3 is 2. The molecule has 1 heterocycles. The quantitative estimate of drug-likeness (QED) is 0.730. The molecular weight excluding hydrogens is 306 g/mol. The van der Waals surface area contributed by atoms with Crippen molar-refractivity contribution in [1.29, 1.82) is 0 Å². The largest absolute Gasteiger partial charge is 0.493 e. The number of ether oxygens (including phenoxy) is 2. The third kappa shape index (κ3) is 3.32. The van der Waals surface area contributed by atoms with Crippen LogP contribution < -0.4 is 14.8 Å². The molecule has 0 saturated heterocycles. The molecule has 1 aromatic heterocycles. The highest BCUT2D eigenvalue weighted by atomic mass is 16.5. The van der Waals surface area contributed by atoms with Gasteiger partial charge in [-0.05, 0) is 36.2 Å². The Morgan fingerprint density at radius 3 is 2.67 bits per heavy atom. The van der Waals surface area contributed by atoms with Crippen LogP contribution in [-0.2, 0) is 6.42 Å². The number of carbonyl (C=O) groups is 1. The molecule has 0 aliphatic rings.